The molecule has 2 heterocycles. The van der Waals surface area contributed by atoms with Crippen LogP contribution in [-0.2, 0) is 9.53 Å². The Balaban J connectivity index is 1.64. The van der Waals surface area contributed by atoms with E-state index in [1.165, 1.54) is 4.90 Å². The van der Waals surface area contributed by atoms with Crippen molar-refractivity contribution in [2.45, 2.75) is 44.6 Å². The fourth-order valence-electron chi connectivity index (χ4n) is 3.66. The van der Waals surface area contributed by atoms with Gasteiger partial charge in [0.15, 0.2) is 0 Å². The van der Waals surface area contributed by atoms with Crippen molar-refractivity contribution in [2.24, 2.45) is 5.92 Å². The summed E-state index contributed by atoms with van der Waals surface area (Å²) < 4.78 is 5.31. The van der Waals surface area contributed by atoms with Crippen LogP contribution in [0.25, 0.3) is 0 Å². The van der Waals surface area contributed by atoms with E-state index >= 15 is 0 Å². The minimum atomic E-state index is -0.616. The highest BCUT2D eigenvalue weighted by Gasteiger charge is 2.52. The number of rotatable bonds is 3. The van der Waals surface area contributed by atoms with E-state index in [0.717, 1.165) is 45.2 Å². The summed E-state index contributed by atoms with van der Waals surface area (Å²) in [7, 11) is 0. The van der Waals surface area contributed by atoms with E-state index in [-0.39, 0.29) is 11.9 Å². The van der Waals surface area contributed by atoms with Gasteiger partial charge in [0.1, 0.15) is 5.54 Å². The summed E-state index contributed by atoms with van der Waals surface area (Å²) in [5.41, 5.74) is -0.616. The van der Waals surface area contributed by atoms with Gasteiger partial charge in [0, 0.05) is 13.1 Å². The highest BCUT2D eigenvalue weighted by Crippen LogP contribution is 2.37. The normalized spacial score (nSPS) is 34.5. The van der Waals surface area contributed by atoms with Crippen LogP contribution in [-0.4, -0.2) is 60.2 Å². The van der Waals surface area contributed by atoms with Crippen molar-refractivity contribution >= 4 is 11.9 Å². The Morgan fingerprint density at radius 2 is 1.90 bits per heavy atom. The van der Waals surface area contributed by atoms with Crippen molar-refractivity contribution in [1.29, 1.82) is 0 Å². The Bertz CT molecular complexity index is 412. The van der Waals surface area contributed by atoms with Gasteiger partial charge in [-0.15, -0.1) is 0 Å². The Morgan fingerprint density at radius 3 is 2.52 bits per heavy atom. The van der Waals surface area contributed by atoms with E-state index in [2.05, 4.69) is 17.1 Å². The number of hydrogen-bond acceptors (Lipinski definition) is 4. The van der Waals surface area contributed by atoms with Crippen molar-refractivity contribution in [2.75, 3.05) is 33.0 Å². The zero-order chi connectivity index (χ0) is 14.9. The second-order valence-corrected chi connectivity index (χ2v) is 6.47. The number of ether oxygens (including phenoxy) is 1. The number of carbonyl (C=O) groups is 2. The molecule has 6 nitrogen and oxygen atoms in total. The lowest BCUT2D eigenvalue weighted by atomic mass is 9.75. The van der Waals surface area contributed by atoms with E-state index < -0.39 is 5.54 Å². The van der Waals surface area contributed by atoms with Gasteiger partial charge in [-0.1, -0.05) is 13.3 Å². The summed E-state index contributed by atoms with van der Waals surface area (Å²) in [4.78, 5) is 28.5. The number of carbonyl (C=O) groups excluding carboxylic acids is 2. The molecule has 2 saturated heterocycles. The van der Waals surface area contributed by atoms with E-state index in [9.17, 15) is 9.59 Å². The molecule has 3 amide bonds. The van der Waals surface area contributed by atoms with Crippen LogP contribution in [0.5, 0.6) is 0 Å². The molecule has 0 radical (unpaired) electrons. The van der Waals surface area contributed by atoms with Crippen molar-refractivity contribution in [3.63, 3.8) is 0 Å². The van der Waals surface area contributed by atoms with Crippen LogP contribution in [0.4, 0.5) is 4.79 Å². The molecule has 1 spiro atoms. The summed E-state index contributed by atoms with van der Waals surface area (Å²) in [6.45, 7) is 5.50. The number of nitrogens with one attached hydrogen (secondary N) is 1. The molecule has 118 valence electrons. The van der Waals surface area contributed by atoms with Crippen molar-refractivity contribution < 1.29 is 14.3 Å². The van der Waals surface area contributed by atoms with E-state index in [0.29, 0.717) is 25.8 Å². The van der Waals surface area contributed by atoms with Crippen LogP contribution in [0.3, 0.4) is 0 Å². The van der Waals surface area contributed by atoms with Gasteiger partial charge in [0.2, 0.25) is 0 Å². The fraction of sp³-hybridized carbons (Fsp3) is 0.867. The number of imide groups is 1. The molecular formula is C15H25N3O3. The summed E-state index contributed by atoms with van der Waals surface area (Å²) in [6, 6.07) is -0.221. The van der Waals surface area contributed by atoms with Crippen molar-refractivity contribution in [3.8, 4) is 0 Å². The number of morpholine rings is 1. The quantitative estimate of drug-likeness (QED) is 0.794. The van der Waals surface area contributed by atoms with Crippen LogP contribution in [0, 0.1) is 5.92 Å². The van der Waals surface area contributed by atoms with Crippen LogP contribution in [0.1, 0.15) is 39.0 Å². The smallest absolute Gasteiger partial charge is 0.326 e. The first kappa shape index (κ1) is 14.8. The topological polar surface area (TPSA) is 61.9 Å². The molecule has 3 fully saturated rings. The molecule has 0 aromatic carbocycles. The number of amides is 3. The maximum Gasteiger partial charge on any atom is 0.326 e. The minimum absolute atomic E-state index is 0.0199. The average molecular weight is 295 g/mol. The largest absolute Gasteiger partial charge is 0.379 e. The number of hydrogen-bond donors (Lipinski definition) is 1. The summed E-state index contributed by atoms with van der Waals surface area (Å²) >= 11 is 0. The third-order valence-electron chi connectivity index (χ3n) is 5.23. The van der Waals surface area contributed by atoms with Gasteiger partial charge in [-0.3, -0.25) is 9.69 Å². The summed E-state index contributed by atoms with van der Waals surface area (Å²) in [5, 5.41) is 2.98. The van der Waals surface area contributed by atoms with Crippen LogP contribution in [0.2, 0.25) is 0 Å². The molecular weight excluding hydrogens is 270 g/mol. The molecule has 3 rings (SSSR count). The predicted molar refractivity (Wildman–Crippen MR) is 77.6 cm³/mol. The molecule has 0 aromatic rings. The molecule has 0 bridgehead atoms. The second kappa shape index (κ2) is 5.93. The molecule has 2 aliphatic heterocycles. The number of urea groups is 1. The number of nitrogens with zero attached hydrogens (tertiary/aromatic N) is 2. The fourth-order valence-corrected chi connectivity index (χ4v) is 3.66. The van der Waals surface area contributed by atoms with E-state index in [1.54, 1.807) is 0 Å². The molecule has 0 unspecified atom stereocenters. The molecule has 6 heteroatoms. The standard InChI is InChI=1S/C15H25N3O3/c1-2-12-3-5-15(6-4-12)13(19)18(14(20)16-15)11-17-7-9-21-10-8-17/h12H,2-11H2,1H3,(H,16,20). The lowest BCUT2D eigenvalue weighted by molar-refractivity contribution is -0.134. The maximum absolute atomic E-state index is 12.7. The maximum atomic E-state index is 12.7. The lowest BCUT2D eigenvalue weighted by Crippen LogP contribution is -2.50. The zero-order valence-electron chi connectivity index (χ0n) is 12.8. The zero-order valence-corrected chi connectivity index (χ0v) is 12.8. The van der Waals surface area contributed by atoms with Gasteiger partial charge >= 0.3 is 6.03 Å². The molecule has 0 aromatic heterocycles. The van der Waals surface area contributed by atoms with Gasteiger partial charge in [0.25, 0.3) is 5.91 Å². The van der Waals surface area contributed by atoms with Gasteiger partial charge < -0.3 is 10.1 Å². The highest BCUT2D eigenvalue weighted by molar-refractivity contribution is 6.07. The van der Waals surface area contributed by atoms with Crippen LogP contribution in [0.15, 0.2) is 0 Å². The minimum Gasteiger partial charge on any atom is -0.379 e. The molecule has 0 atom stereocenters. The van der Waals surface area contributed by atoms with Gasteiger partial charge in [-0.05, 0) is 31.6 Å². The third-order valence-corrected chi connectivity index (χ3v) is 5.23. The first-order valence-corrected chi connectivity index (χ1v) is 8.09. The monoisotopic (exact) mass is 295 g/mol. The van der Waals surface area contributed by atoms with Crippen molar-refractivity contribution in [1.82, 2.24) is 15.1 Å². The Kier molecular flexibility index (Phi) is 4.17. The third kappa shape index (κ3) is 2.79. The first-order valence-electron chi connectivity index (χ1n) is 8.09. The molecule has 21 heavy (non-hydrogen) atoms. The van der Waals surface area contributed by atoms with E-state index in [1.807, 2.05) is 0 Å². The van der Waals surface area contributed by atoms with Crippen LogP contribution >= 0.6 is 0 Å². The van der Waals surface area contributed by atoms with Crippen molar-refractivity contribution in [3.05, 3.63) is 0 Å². The van der Waals surface area contributed by atoms with Gasteiger partial charge in [-0.25, -0.2) is 9.69 Å². The average Bonchev–Trinajstić information content (AvgIpc) is 2.74. The molecule has 1 aliphatic carbocycles. The van der Waals surface area contributed by atoms with E-state index in [4.69, 9.17) is 4.74 Å². The predicted octanol–water partition coefficient (Wildman–Crippen LogP) is 1.17. The summed E-state index contributed by atoms with van der Waals surface area (Å²) in [5.74, 6) is 0.683. The molecule has 1 N–H and O–H groups in total. The Hall–Kier alpha value is -1.14. The van der Waals surface area contributed by atoms with Crippen LogP contribution < -0.4 is 5.32 Å². The van der Waals surface area contributed by atoms with Gasteiger partial charge in [-0.2, -0.15) is 0 Å². The molecule has 3 aliphatic rings. The molecule has 1 saturated carbocycles. The SMILES string of the molecule is CCC1CCC2(CC1)NC(=O)N(CN1CCOCC1)C2=O. The first-order chi connectivity index (χ1) is 10.1. The Labute approximate surface area is 125 Å². The van der Waals surface area contributed by atoms with Gasteiger partial charge in [0.05, 0.1) is 19.9 Å². The Morgan fingerprint density at radius 1 is 1.24 bits per heavy atom. The summed E-state index contributed by atoms with van der Waals surface area (Å²) in [6.07, 6.45) is 4.81. The second-order valence-electron chi connectivity index (χ2n) is 6.47. The lowest BCUT2D eigenvalue weighted by Gasteiger charge is -2.35. The highest BCUT2D eigenvalue weighted by atomic mass is 16.5.